The van der Waals surface area contributed by atoms with Gasteiger partial charge in [-0.2, -0.15) is 24.7 Å². The molecule has 20 heavy (non-hydrogen) atoms. The molecular formula is C9H12ClN7O2S. The van der Waals surface area contributed by atoms with E-state index >= 15 is 0 Å². The minimum atomic E-state index is -3.05. The number of anilines is 1. The van der Waals surface area contributed by atoms with Crippen LogP contribution >= 0.6 is 11.6 Å². The van der Waals surface area contributed by atoms with E-state index in [0.717, 1.165) is 0 Å². The van der Waals surface area contributed by atoms with Crippen LogP contribution in [-0.2, 0) is 9.84 Å². The highest BCUT2D eigenvalue weighted by Gasteiger charge is 2.10. The van der Waals surface area contributed by atoms with Crippen LogP contribution in [0.25, 0.3) is 5.95 Å². The van der Waals surface area contributed by atoms with Gasteiger partial charge < -0.3 is 5.32 Å². The minimum Gasteiger partial charge on any atom is -0.353 e. The fraction of sp³-hybridized carbons (Fsp3) is 0.444. The lowest BCUT2D eigenvalue weighted by Gasteiger charge is -2.06. The number of hydrogen-bond acceptors (Lipinski definition) is 8. The van der Waals surface area contributed by atoms with Gasteiger partial charge in [-0.05, 0) is 11.6 Å². The third-order valence-electron chi connectivity index (χ3n) is 2.36. The lowest BCUT2D eigenvalue weighted by molar-refractivity contribution is 0.597. The summed E-state index contributed by atoms with van der Waals surface area (Å²) in [4.78, 5) is 15.6. The quantitative estimate of drug-likeness (QED) is 0.788. The molecule has 0 fully saturated rings. The van der Waals surface area contributed by atoms with Gasteiger partial charge in [-0.1, -0.05) is 6.92 Å². The van der Waals surface area contributed by atoms with Crippen molar-refractivity contribution in [1.82, 2.24) is 29.7 Å². The Bertz CT molecular complexity index is 674. The van der Waals surface area contributed by atoms with Crippen LogP contribution in [0.1, 0.15) is 6.92 Å². The topological polar surface area (TPSA) is 116 Å². The Hall–Kier alpha value is -1.81. The van der Waals surface area contributed by atoms with Crippen LogP contribution < -0.4 is 5.32 Å². The third kappa shape index (κ3) is 3.84. The van der Waals surface area contributed by atoms with E-state index < -0.39 is 9.84 Å². The van der Waals surface area contributed by atoms with E-state index in [1.165, 1.54) is 17.3 Å². The van der Waals surface area contributed by atoms with Gasteiger partial charge in [0.05, 0.1) is 5.75 Å². The molecule has 9 nitrogen and oxygen atoms in total. The zero-order chi connectivity index (χ0) is 14.6. The first-order valence-corrected chi connectivity index (χ1v) is 7.91. The Kier molecular flexibility index (Phi) is 4.45. The first-order chi connectivity index (χ1) is 9.50. The molecule has 0 saturated carbocycles. The van der Waals surface area contributed by atoms with Crippen LogP contribution in [0.15, 0.2) is 12.7 Å². The molecule has 0 aromatic carbocycles. The molecule has 2 aromatic heterocycles. The molecule has 0 bridgehead atoms. The number of nitrogens with zero attached hydrogens (tertiary/aromatic N) is 6. The predicted octanol–water partition coefficient (Wildman–Crippen LogP) is -0.0477. The average Bonchev–Trinajstić information content (AvgIpc) is 2.92. The van der Waals surface area contributed by atoms with E-state index in [-0.39, 0.29) is 35.2 Å². The highest BCUT2D eigenvalue weighted by molar-refractivity contribution is 7.91. The Labute approximate surface area is 120 Å². The fourth-order valence-electron chi connectivity index (χ4n) is 1.30. The second-order valence-corrected chi connectivity index (χ2v) is 6.54. The van der Waals surface area contributed by atoms with E-state index in [1.807, 2.05) is 0 Å². The maximum atomic E-state index is 11.4. The van der Waals surface area contributed by atoms with Gasteiger partial charge >= 0.3 is 0 Å². The number of nitrogens with one attached hydrogen (secondary N) is 1. The molecule has 0 aliphatic heterocycles. The zero-order valence-corrected chi connectivity index (χ0v) is 12.1. The Morgan fingerprint density at radius 3 is 2.80 bits per heavy atom. The van der Waals surface area contributed by atoms with Crippen LogP contribution in [0.2, 0.25) is 5.28 Å². The average molecular weight is 318 g/mol. The molecule has 2 aromatic rings. The molecule has 1 N–H and O–H groups in total. The molecule has 108 valence electrons. The van der Waals surface area contributed by atoms with Crippen molar-refractivity contribution in [2.24, 2.45) is 0 Å². The van der Waals surface area contributed by atoms with Crippen LogP contribution in [0.5, 0.6) is 0 Å². The molecule has 2 rings (SSSR count). The van der Waals surface area contributed by atoms with Crippen LogP contribution in [0, 0.1) is 0 Å². The van der Waals surface area contributed by atoms with E-state index in [0.29, 0.717) is 0 Å². The van der Waals surface area contributed by atoms with Gasteiger partial charge in [0.2, 0.25) is 11.2 Å². The first-order valence-electron chi connectivity index (χ1n) is 5.71. The molecule has 11 heteroatoms. The van der Waals surface area contributed by atoms with Gasteiger partial charge in [0, 0.05) is 12.3 Å². The SMILES string of the molecule is CCS(=O)(=O)CCNc1nc(Cl)nc(-n2cncn2)n1. The summed E-state index contributed by atoms with van der Waals surface area (Å²) in [5.74, 6) is 0.465. The van der Waals surface area contributed by atoms with Crippen LogP contribution in [0.3, 0.4) is 0 Å². The number of rotatable bonds is 6. The molecule has 0 amide bonds. The standard InChI is InChI=1S/C9H12ClN7O2S/c1-2-20(18,19)4-3-12-8-14-7(10)15-9(16-8)17-6-11-5-13-17/h5-6H,2-4H2,1H3,(H,12,14,15,16). The summed E-state index contributed by atoms with van der Waals surface area (Å²) in [7, 11) is -3.05. The number of halogens is 1. The maximum absolute atomic E-state index is 11.4. The summed E-state index contributed by atoms with van der Waals surface area (Å²) >= 11 is 5.78. The van der Waals surface area contributed by atoms with Gasteiger partial charge in [-0.25, -0.2) is 13.4 Å². The maximum Gasteiger partial charge on any atom is 0.258 e. The van der Waals surface area contributed by atoms with Crippen LogP contribution in [-0.4, -0.2) is 56.2 Å². The normalized spacial score (nSPS) is 11.5. The van der Waals surface area contributed by atoms with Crippen molar-refractivity contribution in [1.29, 1.82) is 0 Å². The summed E-state index contributed by atoms with van der Waals surface area (Å²) in [6.07, 6.45) is 2.75. The highest BCUT2D eigenvalue weighted by atomic mass is 35.5. The molecule has 0 aliphatic carbocycles. The summed E-state index contributed by atoms with van der Waals surface area (Å²) in [6, 6.07) is 0. The predicted molar refractivity (Wildman–Crippen MR) is 72.6 cm³/mol. The molecule has 2 heterocycles. The largest absolute Gasteiger partial charge is 0.353 e. The van der Waals surface area contributed by atoms with Crippen molar-refractivity contribution < 1.29 is 8.42 Å². The summed E-state index contributed by atoms with van der Waals surface area (Å²) in [6.45, 7) is 1.78. The molecular weight excluding hydrogens is 306 g/mol. The van der Waals surface area contributed by atoms with E-state index in [4.69, 9.17) is 11.6 Å². The molecule has 0 aliphatic rings. The third-order valence-corrected chi connectivity index (χ3v) is 4.23. The molecule has 0 radical (unpaired) electrons. The minimum absolute atomic E-state index is 0.00847. The summed E-state index contributed by atoms with van der Waals surface area (Å²) in [5.41, 5.74) is 0. The fourth-order valence-corrected chi connectivity index (χ4v) is 2.15. The Morgan fingerprint density at radius 1 is 1.35 bits per heavy atom. The van der Waals surface area contributed by atoms with Gasteiger partial charge in [-0.3, -0.25) is 0 Å². The van der Waals surface area contributed by atoms with Gasteiger partial charge in [-0.15, -0.1) is 0 Å². The molecule has 0 unspecified atom stereocenters. The van der Waals surface area contributed by atoms with Crippen LogP contribution in [0.4, 0.5) is 5.95 Å². The lowest BCUT2D eigenvalue weighted by Crippen LogP contribution is -2.19. The van der Waals surface area contributed by atoms with E-state index in [9.17, 15) is 8.42 Å². The second-order valence-electron chi connectivity index (χ2n) is 3.73. The van der Waals surface area contributed by atoms with E-state index in [2.05, 4.69) is 30.4 Å². The van der Waals surface area contributed by atoms with Gasteiger partial charge in [0.1, 0.15) is 12.7 Å². The number of hydrogen-bond donors (Lipinski definition) is 1. The van der Waals surface area contributed by atoms with Gasteiger partial charge in [0.15, 0.2) is 9.84 Å². The molecule has 0 atom stereocenters. The Morgan fingerprint density at radius 2 is 2.15 bits per heavy atom. The van der Waals surface area contributed by atoms with Crippen molar-refractivity contribution in [2.45, 2.75) is 6.92 Å². The zero-order valence-electron chi connectivity index (χ0n) is 10.6. The number of aromatic nitrogens is 6. The van der Waals surface area contributed by atoms with Crippen molar-refractivity contribution in [2.75, 3.05) is 23.4 Å². The van der Waals surface area contributed by atoms with Crippen molar-refractivity contribution in [3.63, 3.8) is 0 Å². The molecule has 0 spiro atoms. The molecule has 0 saturated heterocycles. The van der Waals surface area contributed by atoms with Crippen molar-refractivity contribution in [3.8, 4) is 5.95 Å². The van der Waals surface area contributed by atoms with Crippen molar-refractivity contribution >= 4 is 27.4 Å². The second kappa shape index (κ2) is 6.09. The summed E-state index contributed by atoms with van der Waals surface area (Å²) < 4.78 is 24.1. The number of sulfone groups is 1. The lowest BCUT2D eigenvalue weighted by atomic mass is 10.7. The van der Waals surface area contributed by atoms with Gasteiger partial charge in [0.25, 0.3) is 5.95 Å². The van der Waals surface area contributed by atoms with E-state index in [1.54, 1.807) is 6.92 Å². The van der Waals surface area contributed by atoms with Crippen molar-refractivity contribution in [3.05, 3.63) is 17.9 Å². The summed E-state index contributed by atoms with van der Waals surface area (Å²) in [5, 5.41) is 6.64. The smallest absolute Gasteiger partial charge is 0.258 e. The highest BCUT2D eigenvalue weighted by Crippen LogP contribution is 2.08. The first kappa shape index (κ1) is 14.6. The Balaban J connectivity index is 2.09. The monoisotopic (exact) mass is 317 g/mol.